The van der Waals surface area contributed by atoms with Crippen molar-refractivity contribution in [2.45, 2.75) is 6.54 Å². The number of pyridine rings is 1. The molecule has 0 atom stereocenters. The van der Waals surface area contributed by atoms with E-state index in [1.54, 1.807) is 6.20 Å². The average molecular weight is 294 g/mol. The van der Waals surface area contributed by atoms with Gasteiger partial charge in [-0.05, 0) is 49.0 Å². The van der Waals surface area contributed by atoms with Crippen LogP contribution < -0.4 is 11.5 Å². The molecule has 0 saturated heterocycles. The fraction of sp³-hybridized carbons (Fsp3) is 0.188. The van der Waals surface area contributed by atoms with Crippen molar-refractivity contribution in [1.82, 2.24) is 19.9 Å². The fourth-order valence-electron chi connectivity index (χ4n) is 2.52. The number of benzene rings is 1. The van der Waals surface area contributed by atoms with Gasteiger partial charge in [0.2, 0.25) is 5.95 Å². The molecule has 6 heteroatoms. The van der Waals surface area contributed by atoms with Crippen LogP contribution in [-0.2, 0) is 6.54 Å². The summed E-state index contributed by atoms with van der Waals surface area (Å²) in [7, 11) is 4.07. The maximum atomic E-state index is 5.89. The molecule has 112 valence electrons. The molecule has 0 amide bonds. The molecule has 1 aromatic carbocycles. The number of nitrogens with zero attached hydrogens (tertiary/aromatic N) is 4. The van der Waals surface area contributed by atoms with Crippen LogP contribution in [0.2, 0.25) is 0 Å². The minimum Gasteiger partial charge on any atom is -0.383 e. The van der Waals surface area contributed by atoms with Crippen molar-refractivity contribution < 1.29 is 0 Å². The maximum Gasteiger partial charge on any atom is 0.222 e. The normalized spacial score (nSPS) is 11.2. The molecule has 22 heavy (non-hydrogen) atoms. The summed E-state index contributed by atoms with van der Waals surface area (Å²) in [5.41, 5.74) is 15.7. The fourth-order valence-corrected chi connectivity index (χ4v) is 2.52. The Labute approximate surface area is 128 Å². The Kier molecular flexibility index (Phi) is 3.60. The largest absolute Gasteiger partial charge is 0.383 e. The highest BCUT2D eigenvalue weighted by Crippen LogP contribution is 2.28. The summed E-state index contributed by atoms with van der Waals surface area (Å²) >= 11 is 0. The van der Waals surface area contributed by atoms with Gasteiger partial charge in [-0.1, -0.05) is 6.07 Å². The highest BCUT2D eigenvalue weighted by atomic mass is 15.1. The third-order valence-corrected chi connectivity index (χ3v) is 3.44. The molecule has 6 nitrogen and oxygen atoms in total. The summed E-state index contributed by atoms with van der Waals surface area (Å²) in [6.07, 6.45) is 3.68. The van der Waals surface area contributed by atoms with E-state index in [0.717, 1.165) is 34.1 Å². The molecule has 4 N–H and O–H groups in total. The molecule has 0 aliphatic carbocycles. The monoisotopic (exact) mass is 294 g/mol. The van der Waals surface area contributed by atoms with Crippen molar-refractivity contribution in [3.63, 3.8) is 0 Å². The van der Waals surface area contributed by atoms with Gasteiger partial charge in [0.05, 0.1) is 5.52 Å². The molecule has 0 aliphatic rings. The topological polar surface area (TPSA) is 94.0 Å². The highest BCUT2D eigenvalue weighted by molar-refractivity contribution is 5.92. The predicted molar refractivity (Wildman–Crippen MR) is 89.0 cm³/mol. The Hall–Kier alpha value is -2.73. The summed E-state index contributed by atoms with van der Waals surface area (Å²) < 4.78 is 0. The van der Waals surface area contributed by atoms with Crippen molar-refractivity contribution in [3.05, 3.63) is 42.2 Å². The number of anilines is 2. The number of nitrogens with two attached hydrogens (primary N) is 2. The van der Waals surface area contributed by atoms with E-state index in [2.05, 4.69) is 19.9 Å². The van der Waals surface area contributed by atoms with E-state index in [9.17, 15) is 0 Å². The van der Waals surface area contributed by atoms with Gasteiger partial charge in [0.15, 0.2) is 0 Å². The van der Waals surface area contributed by atoms with Gasteiger partial charge in [0.1, 0.15) is 5.82 Å². The second-order valence-corrected chi connectivity index (χ2v) is 5.47. The van der Waals surface area contributed by atoms with Crippen LogP contribution in [0.15, 0.2) is 36.7 Å². The van der Waals surface area contributed by atoms with Gasteiger partial charge >= 0.3 is 0 Å². The smallest absolute Gasteiger partial charge is 0.222 e. The van der Waals surface area contributed by atoms with Gasteiger partial charge in [-0.3, -0.25) is 4.98 Å². The van der Waals surface area contributed by atoms with E-state index in [-0.39, 0.29) is 5.95 Å². The Morgan fingerprint density at radius 1 is 1.09 bits per heavy atom. The van der Waals surface area contributed by atoms with E-state index < -0.39 is 0 Å². The minimum atomic E-state index is 0.186. The first-order valence-corrected chi connectivity index (χ1v) is 6.95. The third kappa shape index (κ3) is 2.68. The van der Waals surface area contributed by atoms with Gasteiger partial charge in [0, 0.05) is 24.3 Å². The summed E-state index contributed by atoms with van der Waals surface area (Å²) in [5, 5.41) is 0.807. The number of rotatable bonds is 3. The molecule has 0 fully saturated rings. The molecule has 3 aromatic rings. The first-order chi connectivity index (χ1) is 10.5. The van der Waals surface area contributed by atoms with Crippen LogP contribution in [0.4, 0.5) is 11.8 Å². The average Bonchev–Trinajstić information content (AvgIpc) is 2.46. The Morgan fingerprint density at radius 3 is 2.68 bits per heavy atom. The molecule has 2 aromatic heterocycles. The van der Waals surface area contributed by atoms with E-state index in [1.165, 1.54) is 0 Å². The van der Waals surface area contributed by atoms with Crippen molar-refractivity contribution in [2.24, 2.45) is 0 Å². The van der Waals surface area contributed by atoms with E-state index in [0.29, 0.717) is 5.82 Å². The molecular weight excluding hydrogens is 276 g/mol. The van der Waals surface area contributed by atoms with Crippen LogP contribution in [-0.4, -0.2) is 33.9 Å². The van der Waals surface area contributed by atoms with Gasteiger partial charge in [0.25, 0.3) is 0 Å². The second-order valence-electron chi connectivity index (χ2n) is 5.47. The van der Waals surface area contributed by atoms with Gasteiger partial charge in [-0.2, -0.15) is 4.98 Å². The maximum absolute atomic E-state index is 5.89. The number of fused-ring (bicyclic) bond motifs is 1. The summed E-state index contributed by atoms with van der Waals surface area (Å²) in [5.74, 6) is 0.586. The number of hydrogen-bond donors (Lipinski definition) is 2. The SMILES string of the molecule is CN(C)Cc1cnccc1-c1ccc2c(N)nc(N)nc2c1. The van der Waals surface area contributed by atoms with Crippen molar-refractivity contribution in [3.8, 4) is 11.1 Å². The molecule has 0 saturated carbocycles. The Morgan fingerprint density at radius 2 is 1.91 bits per heavy atom. The van der Waals surface area contributed by atoms with Crippen molar-refractivity contribution >= 4 is 22.7 Å². The highest BCUT2D eigenvalue weighted by Gasteiger charge is 2.09. The van der Waals surface area contributed by atoms with Crippen LogP contribution in [0.3, 0.4) is 0 Å². The lowest BCUT2D eigenvalue weighted by molar-refractivity contribution is 0.402. The zero-order chi connectivity index (χ0) is 15.7. The molecule has 3 rings (SSSR count). The van der Waals surface area contributed by atoms with Crippen molar-refractivity contribution in [1.29, 1.82) is 0 Å². The minimum absolute atomic E-state index is 0.186. The zero-order valence-electron chi connectivity index (χ0n) is 12.6. The second kappa shape index (κ2) is 5.57. The Balaban J connectivity index is 2.15. The quantitative estimate of drug-likeness (QED) is 0.766. The first kappa shape index (κ1) is 14.2. The lowest BCUT2D eigenvalue weighted by atomic mass is 10.00. The van der Waals surface area contributed by atoms with Crippen LogP contribution in [0.25, 0.3) is 22.0 Å². The van der Waals surface area contributed by atoms with Gasteiger partial charge < -0.3 is 16.4 Å². The molecule has 2 heterocycles. The standard InChI is InChI=1S/C16H18N6/c1-22(2)9-11-8-19-6-5-12(11)10-3-4-13-14(7-10)20-16(18)21-15(13)17/h3-8H,9H2,1-2H3,(H4,17,18,20,21). The van der Waals surface area contributed by atoms with Gasteiger partial charge in [-0.25, -0.2) is 4.98 Å². The summed E-state index contributed by atoms with van der Waals surface area (Å²) in [4.78, 5) is 14.6. The van der Waals surface area contributed by atoms with Crippen LogP contribution in [0.5, 0.6) is 0 Å². The molecule has 0 aliphatic heterocycles. The lowest BCUT2D eigenvalue weighted by Gasteiger charge is -2.14. The van der Waals surface area contributed by atoms with Crippen LogP contribution >= 0.6 is 0 Å². The van der Waals surface area contributed by atoms with Crippen LogP contribution in [0.1, 0.15) is 5.56 Å². The zero-order valence-corrected chi connectivity index (χ0v) is 12.6. The number of nitrogen functional groups attached to an aromatic ring is 2. The lowest BCUT2D eigenvalue weighted by Crippen LogP contribution is -2.11. The summed E-state index contributed by atoms with van der Waals surface area (Å²) in [6.45, 7) is 0.815. The number of hydrogen-bond acceptors (Lipinski definition) is 6. The van der Waals surface area contributed by atoms with Crippen molar-refractivity contribution in [2.75, 3.05) is 25.6 Å². The van der Waals surface area contributed by atoms with E-state index >= 15 is 0 Å². The van der Waals surface area contributed by atoms with E-state index in [1.807, 2.05) is 44.6 Å². The summed E-state index contributed by atoms with van der Waals surface area (Å²) in [6, 6.07) is 7.94. The molecule has 0 bridgehead atoms. The molecule has 0 radical (unpaired) electrons. The molecule has 0 unspecified atom stereocenters. The van der Waals surface area contributed by atoms with Crippen LogP contribution in [0, 0.1) is 0 Å². The van der Waals surface area contributed by atoms with E-state index in [4.69, 9.17) is 11.5 Å². The van der Waals surface area contributed by atoms with Gasteiger partial charge in [-0.15, -0.1) is 0 Å². The molecular formula is C16H18N6. The predicted octanol–water partition coefficient (Wildman–Crippen LogP) is 1.92. The number of aromatic nitrogens is 3. The Bertz CT molecular complexity index is 828. The third-order valence-electron chi connectivity index (χ3n) is 3.44. The molecule has 0 spiro atoms. The first-order valence-electron chi connectivity index (χ1n) is 6.95.